The van der Waals surface area contributed by atoms with E-state index in [1.165, 1.54) is 6.33 Å². The van der Waals surface area contributed by atoms with E-state index in [1.807, 2.05) is 32.2 Å². The topological polar surface area (TPSA) is 150 Å². The molecule has 3 aromatic heterocycles. The molecule has 50 heavy (non-hydrogen) atoms. The number of hydrogen-bond donors (Lipinski definition) is 1. The van der Waals surface area contributed by atoms with Crippen molar-refractivity contribution in [1.82, 2.24) is 39.4 Å². The number of hydrogen-bond acceptors (Lipinski definition) is 12. The van der Waals surface area contributed by atoms with Crippen molar-refractivity contribution >= 4 is 11.6 Å². The second kappa shape index (κ2) is 16.4. The third-order valence-electron chi connectivity index (χ3n) is 9.44. The van der Waals surface area contributed by atoms with Crippen LogP contribution in [0.1, 0.15) is 71.4 Å². The zero-order chi connectivity index (χ0) is 35.0. The Morgan fingerprint density at radius 1 is 1.02 bits per heavy atom. The lowest BCUT2D eigenvalue weighted by atomic mass is 9.89. The molecule has 2 fully saturated rings. The molecule has 0 amide bonds. The van der Waals surface area contributed by atoms with Crippen molar-refractivity contribution in [3.63, 3.8) is 0 Å². The Morgan fingerprint density at radius 3 is 2.44 bits per heavy atom. The van der Waals surface area contributed by atoms with Crippen LogP contribution in [0.2, 0.25) is 0 Å². The van der Waals surface area contributed by atoms with Gasteiger partial charge in [0.05, 0.1) is 49.3 Å². The smallest absolute Gasteiger partial charge is 0.256 e. The zero-order valence-corrected chi connectivity index (χ0v) is 29.6. The Balaban J connectivity index is 1.13. The number of morpholine rings is 1. The standard InChI is InChI=1S/C36H48N10O4/c1-24(47-5)12-13-48-35-33(21-46(43-35)32-10-8-31(9-11-32)44-18-25(2)49-26(3)19-44)42-36-39-16-30(17-40-36)28-6-7-29(15-37)34(14-28)50-27(4)20-45-23-38-22-41-45/h6-7,14,16-17,21-27,31-32H,8-13,18-20H2,1-5H3,(H,39,40,42)/t24?,25-,26+,27?,31?,32?. The highest BCUT2D eigenvalue weighted by atomic mass is 16.5. The van der Waals surface area contributed by atoms with Crippen LogP contribution in [0.25, 0.3) is 11.1 Å². The summed E-state index contributed by atoms with van der Waals surface area (Å²) in [5.74, 6) is 1.43. The van der Waals surface area contributed by atoms with Crippen molar-refractivity contribution in [2.45, 2.75) is 103 Å². The van der Waals surface area contributed by atoms with Gasteiger partial charge in [0.1, 0.15) is 36.3 Å². The van der Waals surface area contributed by atoms with Gasteiger partial charge < -0.3 is 24.3 Å². The Hall–Kier alpha value is -4.58. The quantitative estimate of drug-likeness (QED) is 0.181. The van der Waals surface area contributed by atoms with Gasteiger partial charge in [-0.25, -0.2) is 19.6 Å². The van der Waals surface area contributed by atoms with Crippen molar-refractivity contribution in [3.8, 4) is 28.8 Å². The number of nitrogens with one attached hydrogen (secondary N) is 1. The predicted molar refractivity (Wildman–Crippen MR) is 187 cm³/mol. The molecule has 0 bridgehead atoms. The van der Waals surface area contributed by atoms with Gasteiger partial charge in [0.15, 0.2) is 0 Å². The van der Waals surface area contributed by atoms with Crippen LogP contribution in [0.15, 0.2) is 49.4 Å². The van der Waals surface area contributed by atoms with Gasteiger partial charge >= 0.3 is 0 Å². The summed E-state index contributed by atoms with van der Waals surface area (Å²) in [4.78, 5) is 15.8. The molecule has 4 atom stereocenters. The van der Waals surface area contributed by atoms with Gasteiger partial charge in [-0.15, -0.1) is 5.10 Å². The van der Waals surface area contributed by atoms with Crippen molar-refractivity contribution in [3.05, 3.63) is 55.0 Å². The number of methoxy groups -OCH3 is 1. The summed E-state index contributed by atoms with van der Waals surface area (Å²) in [5, 5.41) is 22.1. The fourth-order valence-corrected chi connectivity index (χ4v) is 6.80. The summed E-state index contributed by atoms with van der Waals surface area (Å²) in [5.41, 5.74) is 2.78. The third kappa shape index (κ3) is 8.95. The van der Waals surface area contributed by atoms with Gasteiger partial charge in [0.2, 0.25) is 5.95 Å². The molecule has 2 aliphatic rings. The van der Waals surface area contributed by atoms with E-state index < -0.39 is 0 Å². The van der Waals surface area contributed by atoms with Crippen molar-refractivity contribution < 1.29 is 18.9 Å². The molecule has 1 N–H and O–H groups in total. The van der Waals surface area contributed by atoms with Crippen LogP contribution in [0.3, 0.4) is 0 Å². The molecule has 0 spiro atoms. The molecule has 1 aromatic carbocycles. The van der Waals surface area contributed by atoms with Gasteiger partial charge in [-0.1, -0.05) is 6.07 Å². The highest BCUT2D eigenvalue weighted by Gasteiger charge is 2.32. The Labute approximate surface area is 293 Å². The lowest BCUT2D eigenvalue weighted by Gasteiger charge is -2.42. The molecule has 6 rings (SSSR count). The van der Waals surface area contributed by atoms with Crippen molar-refractivity contribution in [2.75, 3.05) is 32.1 Å². The van der Waals surface area contributed by atoms with Crippen LogP contribution in [0.4, 0.5) is 11.6 Å². The summed E-state index contributed by atoms with van der Waals surface area (Å²) in [6, 6.07) is 8.53. The summed E-state index contributed by atoms with van der Waals surface area (Å²) < 4.78 is 27.4. The molecule has 14 nitrogen and oxygen atoms in total. The minimum absolute atomic E-state index is 0.0790. The predicted octanol–water partition coefficient (Wildman–Crippen LogP) is 5.41. The number of nitriles is 1. The maximum atomic E-state index is 9.69. The molecule has 4 aromatic rings. The lowest BCUT2D eigenvalue weighted by Crippen LogP contribution is -2.51. The van der Waals surface area contributed by atoms with Crippen LogP contribution in [0, 0.1) is 11.3 Å². The maximum Gasteiger partial charge on any atom is 0.256 e. The van der Waals surface area contributed by atoms with Crippen molar-refractivity contribution in [1.29, 1.82) is 5.26 Å². The number of ether oxygens (including phenoxy) is 4. The van der Waals surface area contributed by atoms with Crippen LogP contribution in [-0.2, 0) is 16.0 Å². The second-order valence-electron chi connectivity index (χ2n) is 13.5. The molecule has 1 aliphatic heterocycles. The first-order valence-corrected chi connectivity index (χ1v) is 17.5. The molecule has 1 saturated carbocycles. The molecular formula is C36H48N10O4. The molecule has 4 heterocycles. The van der Waals surface area contributed by atoms with Gasteiger partial charge in [-0.3, -0.25) is 9.58 Å². The largest absolute Gasteiger partial charge is 0.487 e. The van der Waals surface area contributed by atoms with Crippen LogP contribution < -0.4 is 14.8 Å². The Morgan fingerprint density at radius 2 is 1.76 bits per heavy atom. The van der Waals surface area contributed by atoms with Gasteiger partial charge in [0, 0.05) is 50.6 Å². The van der Waals surface area contributed by atoms with Gasteiger partial charge in [-0.2, -0.15) is 10.4 Å². The van der Waals surface area contributed by atoms with Crippen molar-refractivity contribution in [2.24, 2.45) is 0 Å². The number of nitrogens with zero attached hydrogens (tertiary/aromatic N) is 9. The Bertz CT molecular complexity index is 1690. The fraction of sp³-hybridized carbons (Fsp3) is 0.556. The highest BCUT2D eigenvalue weighted by molar-refractivity contribution is 5.67. The molecular weight excluding hydrogens is 636 g/mol. The van der Waals surface area contributed by atoms with E-state index >= 15 is 0 Å². The molecule has 14 heteroatoms. The number of rotatable bonds is 14. The first-order chi connectivity index (χ1) is 24.3. The van der Waals surface area contributed by atoms with Crippen LogP contribution >= 0.6 is 0 Å². The summed E-state index contributed by atoms with van der Waals surface area (Å²) in [6.45, 7) is 11.3. The van der Waals surface area contributed by atoms with E-state index in [-0.39, 0.29) is 30.5 Å². The minimum atomic E-state index is -0.232. The lowest BCUT2D eigenvalue weighted by molar-refractivity contribution is -0.0852. The first kappa shape index (κ1) is 35.3. The van der Waals surface area contributed by atoms with Gasteiger partial charge in [0.25, 0.3) is 5.88 Å². The van der Waals surface area contributed by atoms with Gasteiger partial charge in [-0.05, 0) is 71.1 Å². The molecule has 0 radical (unpaired) electrons. The number of aromatic nitrogens is 7. The fourth-order valence-electron chi connectivity index (χ4n) is 6.80. The normalized spacial score (nSPS) is 22.4. The SMILES string of the molecule is COC(C)CCOc1nn(C2CCC(N3C[C@@H](C)O[C@@H](C)C3)CC2)cc1Nc1ncc(-c2ccc(C#N)c(OC(C)Cn3cncn3)c2)cn1. The molecule has 1 aliphatic carbocycles. The van der Waals surface area contributed by atoms with E-state index in [9.17, 15) is 5.26 Å². The van der Waals surface area contributed by atoms with E-state index in [2.05, 4.69) is 54.9 Å². The second-order valence-corrected chi connectivity index (χ2v) is 13.5. The monoisotopic (exact) mass is 684 g/mol. The van der Waals surface area contributed by atoms with Crippen LogP contribution in [0.5, 0.6) is 11.6 Å². The van der Waals surface area contributed by atoms with E-state index in [4.69, 9.17) is 24.0 Å². The van der Waals surface area contributed by atoms with Crippen LogP contribution in [-0.4, -0.2) is 96.7 Å². The first-order valence-electron chi connectivity index (χ1n) is 17.5. The zero-order valence-electron chi connectivity index (χ0n) is 29.6. The van der Waals surface area contributed by atoms with E-state index in [0.29, 0.717) is 42.3 Å². The summed E-state index contributed by atoms with van der Waals surface area (Å²) >= 11 is 0. The van der Waals surface area contributed by atoms with E-state index in [0.717, 1.165) is 62.0 Å². The third-order valence-corrected chi connectivity index (χ3v) is 9.44. The highest BCUT2D eigenvalue weighted by Crippen LogP contribution is 2.35. The molecule has 1 saturated heterocycles. The molecule has 2 unspecified atom stereocenters. The molecule has 266 valence electrons. The minimum Gasteiger partial charge on any atom is -0.487 e. The number of benzene rings is 1. The average molecular weight is 685 g/mol. The summed E-state index contributed by atoms with van der Waals surface area (Å²) in [7, 11) is 1.70. The van der Waals surface area contributed by atoms with E-state index in [1.54, 1.807) is 36.6 Å². The summed E-state index contributed by atoms with van der Waals surface area (Å²) in [6.07, 6.45) is 14.1. The number of anilines is 2. The Kier molecular flexibility index (Phi) is 11.6. The maximum absolute atomic E-state index is 9.69. The average Bonchev–Trinajstić information content (AvgIpc) is 3.78.